The summed E-state index contributed by atoms with van der Waals surface area (Å²) in [5.74, 6) is -0.406. The fraction of sp³-hybridized carbons (Fsp3) is 0.214. The zero-order chi connectivity index (χ0) is 11.7. The molecule has 0 radical (unpaired) electrons. The number of primary amides is 1. The molecule has 0 fully saturated rings. The third kappa shape index (κ3) is 1.78. The second-order valence-electron chi connectivity index (χ2n) is 4.21. The minimum atomic E-state index is -0.406. The topological polar surface area (TPSA) is 43.1 Å². The van der Waals surface area contributed by atoms with Gasteiger partial charge >= 0.3 is 0 Å². The molecule has 1 aliphatic rings. The lowest BCUT2D eigenvalue weighted by atomic mass is 10.0. The van der Waals surface area contributed by atoms with Crippen LogP contribution in [0, 0.1) is 0 Å². The Bertz CT molecular complexity index is 497. The van der Waals surface area contributed by atoms with Crippen molar-refractivity contribution in [2.24, 2.45) is 5.73 Å². The van der Waals surface area contributed by atoms with Crippen molar-refractivity contribution in [1.29, 1.82) is 0 Å². The molecule has 2 rings (SSSR count). The van der Waals surface area contributed by atoms with Crippen LogP contribution < -0.4 is 5.73 Å². The second kappa shape index (κ2) is 3.97. The maximum atomic E-state index is 11.0. The molecule has 0 atom stereocenters. The highest BCUT2D eigenvalue weighted by molar-refractivity contribution is 5.92. The number of hydrogen-bond donors (Lipinski definition) is 1. The van der Waals surface area contributed by atoms with Gasteiger partial charge in [0.05, 0.1) is 0 Å². The van der Waals surface area contributed by atoms with Crippen LogP contribution in [0.1, 0.15) is 24.5 Å². The number of allylic oxidation sites excluding steroid dienone is 2. The van der Waals surface area contributed by atoms with Gasteiger partial charge in [0.25, 0.3) is 0 Å². The quantitative estimate of drug-likeness (QED) is 0.770. The minimum absolute atomic E-state index is 0.406. The summed E-state index contributed by atoms with van der Waals surface area (Å²) in [5, 5.41) is 0. The van der Waals surface area contributed by atoms with Crippen molar-refractivity contribution in [1.82, 2.24) is 0 Å². The summed E-state index contributed by atoms with van der Waals surface area (Å²) >= 11 is 0. The van der Waals surface area contributed by atoms with Gasteiger partial charge in [0.1, 0.15) is 0 Å². The van der Waals surface area contributed by atoms with E-state index >= 15 is 0 Å². The van der Waals surface area contributed by atoms with Crippen molar-refractivity contribution < 1.29 is 4.79 Å². The highest BCUT2D eigenvalue weighted by Crippen LogP contribution is 2.34. The molecule has 1 amide bonds. The smallest absolute Gasteiger partial charge is 0.244 e. The molecule has 1 aromatic rings. The first-order valence-electron chi connectivity index (χ1n) is 5.34. The summed E-state index contributed by atoms with van der Waals surface area (Å²) in [5.41, 5.74) is 10.8. The van der Waals surface area contributed by atoms with Gasteiger partial charge in [-0.15, -0.1) is 0 Å². The number of carbonyl (C=O) groups is 1. The molecule has 2 nitrogen and oxygen atoms in total. The minimum Gasteiger partial charge on any atom is -0.366 e. The van der Waals surface area contributed by atoms with Gasteiger partial charge in [0.2, 0.25) is 5.91 Å². The van der Waals surface area contributed by atoms with Gasteiger partial charge in [-0.1, -0.05) is 36.4 Å². The molecule has 0 saturated heterocycles. The number of amides is 1. The Labute approximate surface area is 95.5 Å². The molecule has 0 spiro atoms. The van der Waals surface area contributed by atoms with E-state index < -0.39 is 5.91 Å². The molecule has 0 aromatic heterocycles. The number of carbonyl (C=O) groups excluding carboxylic acids is 1. The Morgan fingerprint density at radius 3 is 2.75 bits per heavy atom. The number of fused-ring (bicyclic) bond motifs is 1. The molecule has 1 aromatic carbocycles. The van der Waals surface area contributed by atoms with E-state index in [1.54, 1.807) is 0 Å². The Morgan fingerprint density at radius 1 is 1.44 bits per heavy atom. The summed E-state index contributed by atoms with van der Waals surface area (Å²) in [6, 6.07) is 8.32. The Hall–Kier alpha value is -1.83. The zero-order valence-corrected chi connectivity index (χ0v) is 9.42. The molecule has 0 saturated carbocycles. The van der Waals surface area contributed by atoms with Gasteiger partial charge < -0.3 is 5.73 Å². The molecule has 0 heterocycles. The summed E-state index contributed by atoms with van der Waals surface area (Å²) in [6.45, 7) is 5.80. The van der Waals surface area contributed by atoms with E-state index in [1.165, 1.54) is 22.3 Å². The van der Waals surface area contributed by atoms with Crippen molar-refractivity contribution in [2.75, 3.05) is 0 Å². The Kier molecular flexibility index (Phi) is 2.65. The van der Waals surface area contributed by atoms with E-state index in [9.17, 15) is 4.79 Å². The van der Waals surface area contributed by atoms with E-state index in [0.717, 1.165) is 6.42 Å². The lowest BCUT2D eigenvalue weighted by Gasteiger charge is -2.04. The molecule has 16 heavy (non-hydrogen) atoms. The third-order valence-corrected chi connectivity index (χ3v) is 3.13. The molecular formula is C14H15NO. The number of rotatable bonds is 3. The summed E-state index contributed by atoms with van der Waals surface area (Å²) in [7, 11) is 0. The van der Waals surface area contributed by atoms with Crippen molar-refractivity contribution >= 4 is 11.5 Å². The van der Waals surface area contributed by atoms with E-state index in [2.05, 4.69) is 25.6 Å². The number of hydrogen-bond acceptors (Lipinski definition) is 1. The molecule has 0 unspecified atom stereocenters. The second-order valence-corrected chi connectivity index (χ2v) is 4.21. The van der Waals surface area contributed by atoms with Crippen LogP contribution in [0.5, 0.6) is 0 Å². The standard InChI is InChI=1S/C14H15NO/c1-9(14(15)16)7-12-8-11-5-3-4-6-13(11)10(12)2/h3-6H,1,7-8H2,2H3,(H2,15,16). The summed E-state index contributed by atoms with van der Waals surface area (Å²) in [6.07, 6.45) is 1.50. The zero-order valence-electron chi connectivity index (χ0n) is 9.42. The molecule has 0 aliphatic heterocycles. The van der Waals surface area contributed by atoms with E-state index in [4.69, 9.17) is 5.73 Å². The first kappa shape index (κ1) is 10.7. The number of nitrogens with two attached hydrogens (primary N) is 1. The normalized spacial score (nSPS) is 13.8. The molecule has 82 valence electrons. The van der Waals surface area contributed by atoms with Crippen molar-refractivity contribution in [3.8, 4) is 0 Å². The predicted molar refractivity (Wildman–Crippen MR) is 65.7 cm³/mol. The van der Waals surface area contributed by atoms with Crippen molar-refractivity contribution in [3.05, 3.63) is 53.1 Å². The maximum Gasteiger partial charge on any atom is 0.244 e. The summed E-state index contributed by atoms with van der Waals surface area (Å²) in [4.78, 5) is 11.0. The van der Waals surface area contributed by atoms with Crippen LogP contribution in [0.25, 0.3) is 5.57 Å². The molecule has 0 bridgehead atoms. The van der Waals surface area contributed by atoms with Crippen LogP contribution >= 0.6 is 0 Å². The van der Waals surface area contributed by atoms with Crippen LogP contribution in [0.3, 0.4) is 0 Å². The van der Waals surface area contributed by atoms with Crippen LogP contribution in [0.2, 0.25) is 0 Å². The van der Waals surface area contributed by atoms with Gasteiger partial charge in [0.15, 0.2) is 0 Å². The average Bonchev–Trinajstić information content (AvgIpc) is 2.56. The van der Waals surface area contributed by atoms with Crippen LogP contribution in [-0.2, 0) is 11.2 Å². The van der Waals surface area contributed by atoms with Crippen LogP contribution in [-0.4, -0.2) is 5.91 Å². The number of benzene rings is 1. The SMILES string of the molecule is C=C(CC1=C(C)c2ccccc2C1)C(N)=O. The lowest BCUT2D eigenvalue weighted by Crippen LogP contribution is -2.13. The highest BCUT2D eigenvalue weighted by atomic mass is 16.1. The van der Waals surface area contributed by atoms with E-state index in [0.29, 0.717) is 12.0 Å². The van der Waals surface area contributed by atoms with Crippen LogP contribution in [0.4, 0.5) is 0 Å². The fourth-order valence-electron chi connectivity index (χ4n) is 2.13. The first-order chi connectivity index (χ1) is 7.59. The average molecular weight is 213 g/mol. The van der Waals surface area contributed by atoms with Gasteiger partial charge in [-0.3, -0.25) is 4.79 Å². The molecule has 1 aliphatic carbocycles. The third-order valence-electron chi connectivity index (χ3n) is 3.13. The van der Waals surface area contributed by atoms with Crippen LogP contribution in [0.15, 0.2) is 42.0 Å². The largest absolute Gasteiger partial charge is 0.366 e. The summed E-state index contributed by atoms with van der Waals surface area (Å²) < 4.78 is 0. The Balaban J connectivity index is 2.25. The predicted octanol–water partition coefficient (Wildman–Crippen LogP) is 2.45. The van der Waals surface area contributed by atoms with Gasteiger partial charge in [-0.25, -0.2) is 0 Å². The van der Waals surface area contributed by atoms with Gasteiger partial charge in [-0.05, 0) is 36.5 Å². The van der Waals surface area contributed by atoms with E-state index in [-0.39, 0.29) is 0 Å². The van der Waals surface area contributed by atoms with E-state index in [1.807, 2.05) is 12.1 Å². The first-order valence-corrected chi connectivity index (χ1v) is 5.34. The van der Waals surface area contributed by atoms with Crippen molar-refractivity contribution in [2.45, 2.75) is 19.8 Å². The van der Waals surface area contributed by atoms with Gasteiger partial charge in [-0.2, -0.15) is 0 Å². The maximum absolute atomic E-state index is 11.0. The Morgan fingerprint density at radius 2 is 2.12 bits per heavy atom. The molecular weight excluding hydrogens is 198 g/mol. The molecule has 2 N–H and O–H groups in total. The fourth-order valence-corrected chi connectivity index (χ4v) is 2.13. The highest BCUT2D eigenvalue weighted by Gasteiger charge is 2.18. The lowest BCUT2D eigenvalue weighted by molar-refractivity contribution is -0.114. The van der Waals surface area contributed by atoms with Gasteiger partial charge in [0, 0.05) is 5.57 Å². The molecule has 2 heteroatoms. The van der Waals surface area contributed by atoms with Crippen molar-refractivity contribution in [3.63, 3.8) is 0 Å². The monoisotopic (exact) mass is 213 g/mol.